The molecule has 0 saturated carbocycles. The number of ether oxygens (including phenoxy) is 1. The minimum Gasteiger partial charge on any atom is -0.368 e. The Balaban J connectivity index is 0.000000139. The molecule has 8 aliphatic rings. The van der Waals surface area contributed by atoms with E-state index in [1.165, 1.54) is 50.1 Å². The molecule has 640 valence electrons. The van der Waals surface area contributed by atoms with Crippen LogP contribution in [0, 0.1) is 0 Å². The number of hydrogen-bond acceptors (Lipinski definition) is 13. The summed E-state index contributed by atoms with van der Waals surface area (Å²) in [5.41, 5.74) is 17.5. The highest BCUT2D eigenvalue weighted by atomic mass is 79.9. The van der Waals surface area contributed by atoms with E-state index < -0.39 is 11.8 Å². The smallest absolute Gasteiger partial charge is 0.261 e. The molecule has 9 aromatic rings. The average Bonchev–Trinajstić information content (AvgIpc) is 1.60. The van der Waals surface area contributed by atoms with Gasteiger partial charge < -0.3 is 25.6 Å². The van der Waals surface area contributed by atoms with Crippen LogP contribution in [0.1, 0.15) is 314 Å². The number of hydroxylamine groups is 8. The Labute approximate surface area is 724 Å². The van der Waals surface area contributed by atoms with Crippen molar-refractivity contribution >= 4 is 50.9 Å². The quantitative estimate of drug-likeness (QED) is 0.0441. The molecule has 1 fully saturated rings. The molecule has 17 rings (SSSR count). The molecule has 8 aliphatic heterocycles. The van der Waals surface area contributed by atoms with Crippen molar-refractivity contribution in [3.63, 3.8) is 0 Å². The lowest BCUT2D eigenvalue weighted by Crippen LogP contribution is -2.48. The van der Waals surface area contributed by atoms with Gasteiger partial charge >= 0.3 is 0 Å². The summed E-state index contributed by atoms with van der Waals surface area (Å²) in [4.78, 5) is 75.6. The van der Waals surface area contributed by atoms with E-state index in [4.69, 9.17) is 25.6 Å². The van der Waals surface area contributed by atoms with Crippen LogP contribution in [0.2, 0.25) is 0 Å². The summed E-state index contributed by atoms with van der Waals surface area (Å²) in [5.74, 6) is -0.737. The number of benzene rings is 9. The van der Waals surface area contributed by atoms with Gasteiger partial charge in [-0.3, -0.25) is 43.9 Å². The van der Waals surface area contributed by atoms with Crippen LogP contribution < -0.4 is 5.32 Å². The van der Waals surface area contributed by atoms with Crippen molar-refractivity contribution in [1.29, 1.82) is 0 Å². The standard InChI is InChI=1S/C20H23NO.C16H11NO3.C14H18BrNO2.2C14H19NO2.C12H17NO.C12H17N/c1-19(2)16-12-8-9-13-17(16)20(3,4)21(19)14-18(22)15-10-6-5-7-11-15;18-14(11-6-2-1-3-7-11)10-17-15(19)12-8-4-5-9-13(12)16(17)20;1-13(2)10-6-5-9(12(17)8-15)7-11(10)14(3,4)16(13)18;1-13(2)10-6-5-9(12-8-17-12)7-11(10)14(3,4)15(13)16;1-9(16)10-6-7-11-12(8-10)14(4,5)15(17)13(11,2)3;1-11(2)9-7-5-6-8-10(9)12(3,4)13(11)14;1-11(2)9-7-5-6-8-10(9)12(3,4)13-11/h5-13H,14H2,1-4H3;1-9H,10H2;5-7,18H,8H2,1-4H3;5-7,12,16H,8H2,1-4H3;6-8,17H,1-5H3;5-8,14H,1-4H3;5-8,13H,1-4H3/p+4. The van der Waals surface area contributed by atoms with Gasteiger partial charge in [-0.1, -0.05) is 224 Å². The molecule has 0 radical (unpaired) electrons. The van der Waals surface area contributed by atoms with Gasteiger partial charge in [0.15, 0.2) is 23.1 Å². The number of fused-ring (bicyclic) bond motifs is 7. The first kappa shape index (κ1) is 92.6. The number of carbonyl (C=O) groups is 6. The van der Waals surface area contributed by atoms with Crippen LogP contribution >= 0.6 is 15.9 Å². The number of imide groups is 1. The van der Waals surface area contributed by atoms with E-state index in [9.17, 15) is 28.8 Å². The average molecular weight is 1710 g/mol. The number of carbonyl (C=O) groups excluding carboxylic acids is 6. The Bertz CT molecular complexity index is 5300. The number of rotatable bonds is 10. The lowest BCUT2D eigenvalue weighted by atomic mass is 9.89. The van der Waals surface area contributed by atoms with Gasteiger partial charge in [0, 0.05) is 44.4 Å². The van der Waals surface area contributed by atoms with Gasteiger partial charge in [-0.25, -0.2) is 0 Å². The Kier molecular flexibility index (Phi) is 25.6. The second-order valence-corrected chi connectivity index (χ2v) is 39.7. The summed E-state index contributed by atoms with van der Waals surface area (Å²) in [6.45, 7) is 53.5. The fraction of sp³-hybridized carbons (Fsp3) is 0.412. The topological polar surface area (TPSA) is 238 Å². The highest BCUT2D eigenvalue weighted by Crippen LogP contribution is 2.54. The highest BCUT2D eigenvalue weighted by Gasteiger charge is 2.57. The summed E-state index contributed by atoms with van der Waals surface area (Å²) >= 11 is 3.20. The van der Waals surface area contributed by atoms with Gasteiger partial charge in [0.05, 0.1) is 36.2 Å². The number of halogens is 1. The van der Waals surface area contributed by atoms with Gasteiger partial charge in [0.1, 0.15) is 50.4 Å². The van der Waals surface area contributed by atoms with Crippen LogP contribution in [0.25, 0.3) is 0 Å². The van der Waals surface area contributed by atoms with Crippen molar-refractivity contribution < 1.29 is 54.3 Å². The molecule has 0 aliphatic carbocycles. The summed E-state index contributed by atoms with van der Waals surface area (Å²) < 4.78 is 5.34. The van der Waals surface area contributed by atoms with Crippen molar-refractivity contribution in [3.05, 3.63) is 318 Å². The predicted octanol–water partition coefficient (Wildman–Crippen LogP) is 18.6. The maximum absolute atomic E-state index is 12.7. The summed E-state index contributed by atoms with van der Waals surface area (Å²) in [7, 11) is 0. The Morgan fingerprint density at radius 1 is 0.339 bits per heavy atom. The molecule has 19 heteroatoms. The van der Waals surface area contributed by atoms with Gasteiger partial charge in [0.2, 0.25) is 0 Å². The summed E-state index contributed by atoms with van der Waals surface area (Å²) in [6.07, 6.45) is 0.291. The first-order valence-electron chi connectivity index (χ1n) is 41.8. The minimum absolute atomic E-state index is 0.0739. The molecule has 1 unspecified atom stereocenters. The van der Waals surface area contributed by atoms with Crippen LogP contribution in [-0.2, 0) is 71.2 Å². The monoisotopic (exact) mass is 1710 g/mol. The molecule has 2 amide bonds. The zero-order valence-corrected chi connectivity index (χ0v) is 77.1. The van der Waals surface area contributed by atoms with Crippen molar-refractivity contribution in [2.75, 3.05) is 25.0 Å². The Morgan fingerprint density at radius 2 is 0.620 bits per heavy atom. The zero-order chi connectivity index (χ0) is 89.5. The molecule has 18 nitrogen and oxygen atoms in total. The normalized spacial score (nSPS) is 21.0. The zero-order valence-electron chi connectivity index (χ0n) is 75.5. The van der Waals surface area contributed by atoms with Gasteiger partial charge in [0.25, 0.3) is 11.8 Å². The number of amides is 2. The molecule has 0 bridgehead atoms. The molecule has 1 saturated heterocycles. The number of epoxide rings is 1. The first-order chi connectivity index (χ1) is 56.1. The summed E-state index contributed by atoms with van der Waals surface area (Å²) in [5, 5.41) is 43.6. The van der Waals surface area contributed by atoms with E-state index in [0.29, 0.717) is 40.2 Å². The van der Waals surface area contributed by atoms with E-state index >= 15 is 0 Å². The number of alkyl halides is 1. The fourth-order valence-electron chi connectivity index (χ4n) is 19.5. The van der Waals surface area contributed by atoms with Crippen LogP contribution in [0.15, 0.2) is 212 Å². The van der Waals surface area contributed by atoms with E-state index in [1.54, 1.807) is 81.8 Å². The largest absolute Gasteiger partial charge is 0.368 e. The molecule has 0 aromatic heterocycles. The molecule has 1 atom stereocenters. The summed E-state index contributed by atoms with van der Waals surface area (Å²) in [6, 6.07) is 68.5. The third kappa shape index (κ3) is 17.1. The molecule has 9 N–H and O–H groups in total. The predicted molar refractivity (Wildman–Crippen MR) is 487 cm³/mol. The number of ketones is 4. The van der Waals surface area contributed by atoms with Crippen molar-refractivity contribution in [2.24, 2.45) is 0 Å². The van der Waals surface area contributed by atoms with E-state index in [2.05, 4.69) is 228 Å². The molecular weight excluding hydrogens is 1580 g/mol. The molecular formula is C102H128BrN7O11+4. The maximum atomic E-state index is 12.7. The van der Waals surface area contributed by atoms with Crippen molar-refractivity contribution in [3.8, 4) is 0 Å². The highest BCUT2D eigenvalue weighted by molar-refractivity contribution is 9.09. The minimum atomic E-state index is -0.408. The fourth-order valence-corrected chi connectivity index (χ4v) is 19.8. The van der Waals surface area contributed by atoms with Crippen LogP contribution in [0.5, 0.6) is 0 Å². The third-order valence-corrected chi connectivity index (χ3v) is 27.0. The lowest BCUT2D eigenvalue weighted by Gasteiger charge is -2.40. The number of hydrogen-bond donors (Lipinski definition) is 1. The molecule has 121 heavy (non-hydrogen) atoms. The van der Waals surface area contributed by atoms with Crippen LogP contribution in [0.4, 0.5) is 0 Å². The first-order valence-corrected chi connectivity index (χ1v) is 43.0. The van der Waals surface area contributed by atoms with Crippen molar-refractivity contribution in [1.82, 2.24) is 35.4 Å². The van der Waals surface area contributed by atoms with E-state index in [-0.39, 0.29) is 96.1 Å². The van der Waals surface area contributed by atoms with Crippen LogP contribution in [-0.4, -0.2) is 111 Å². The Morgan fingerprint density at radius 3 is 0.967 bits per heavy atom. The maximum Gasteiger partial charge on any atom is 0.261 e. The number of nitrogens with zero attached hydrogens (tertiary/aromatic N) is 6. The second kappa shape index (κ2) is 33.5. The number of nitrogens with one attached hydrogen (secondary N) is 1. The molecule has 8 heterocycles. The second-order valence-electron chi connectivity index (χ2n) is 39.1. The molecule has 0 spiro atoms. The Hall–Kier alpha value is -9.16. The lowest BCUT2D eigenvalue weighted by molar-refractivity contribution is -0.216. The number of Topliss-reactive ketones (excluding diaryl/α,β-unsaturated/α-hetero) is 4. The van der Waals surface area contributed by atoms with E-state index in [1.807, 2.05) is 122 Å². The third-order valence-electron chi connectivity index (χ3n) is 26.5. The van der Waals surface area contributed by atoms with Gasteiger partial charge in [-0.05, 0) is 270 Å². The van der Waals surface area contributed by atoms with Gasteiger partial charge in [-0.15, -0.1) is 0 Å². The molecule has 9 aromatic carbocycles. The van der Waals surface area contributed by atoms with Gasteiger partial charge in [-0.2, -0.15) is 0 Å². The van der Waals surface area contributed by atoms with E-state index in [0.717, 1.165) is 44.9 Å². The van der Waals surface area contributed by atoms with Crippen LogP contribution in [0.3, 0.4) is 0 Å². The SMILES string of the molecule is CC(=O)c1ccc2c(c1)C(C)(C)N([OH2+])C2(C)C.CC1(C)NC(C)(C)c2ccccc21.CC1(C)c2ccc(C(=O)CBr)cc2C(C)(C)N1[OH2+].CC1(C)c2ccc(C3CO3)cc2C(C)(C)N1[OH2+].CC1(C)c2ccccc2C(C)(C)N1CC(=O)c1ccccc1.CC1(C)c2ccccc2C(C)(C)N1[OH2+].O=C(CN1C(=O)c2ccccc2C1=O)c1ccccc1. The van der Waals surface area contributed by atoms with Crippen molar-refractivity contribution in [2.45, 2.75) is 246 Å².